The zero-order chi connectivity index (χ0) is 14.7. The van der Waals surface area contributed by atoms with Gasteiger partial charge in [0.05, 0.1) is 16.8 Å². The van der Waals surface area contributed by atoms with Gasteiger partial charge >= 0.3 is 0 Å². The number of rotatable bonds is 2. The van der Waals surface area contributed by atoms with Gasteiger partial charge in [-0.1, -0.05) is 27.5 Å². The molecule has 0 unspecified atom stereocenters. The lowest BCUT2D eigenvalue weighted by Gasteiger charge is -2.08. The van der Waals surface area contributed by atoms with Crippen molar-refractivity contribution in [3.8, 4) is 6.07 Å². The van der Waals surface area contributed by atoms with E-state index in [1.54, 1.807) is 24.3 Å². The van der Waals surface area contributed by atoms with Crippen LogP contribution in [0.15, 0.2) is 39.4 Å². The van der Waals surface area contributed by atoms with Crippen molar-refractivity contribution in [1.29, 1.82) is 5.26 Å². The number of nitriles is 1. The lowest BCUT2D eigenvalue weighted by atomic mass is 10.2. The van der Waals surface area contributed by atoms with Gasteiger partial charge in [0, 0.05) is 15.1 Å². The number of nitrogens with one attached hydrogen (secondary N) is 1. The van der Waals surface area contributed by atoms with Crippen molar-refractivity contribution >= 4 is 55.1 Å². The summed E-state index contributed by atoms with van der Waals surface area (Å²) in [6.45, 7) is 0. The van der Waals surface area contributed by atoms with Crippen LogP contribution in [0.2, 0.25) is 5.15 Å². The number of carbonyl (C=O) groups is 1. The quantitative estimate of drug-likeness (QED) is 0.740. The van der Waals surface area contributed by atoms with Crippen LogP contribution in [0.5, 0.6) is 0 Å². The Morgan fingerprint density at radius 2 is 2.05 bits per heavy atom. The van der Waals surface area contributed by atoms with Gasteiger partial charge in [-0.05, 0) is 40.2 Å². The summed E-state index contributed by atoms with van der Waals surface area (Å²) in [5.41, 5.74) is 0.997. The van der Waals surface area contributed by atoms with Gasteiger partial charge in [0.25, 0.3) is 5.91 Å². The molecular formula is C13H6Br2ClN3O. The number of hydrogen-bond acceptors (Lipinski definition) is 3. The zero-order valence-corrected chi connectivity index (χ0v) is 13.8. The third-order valence-electron chi connectivity index (χ3n) is 2.40. The van der Waals surface area contributed by atoms with Crippen LogP contribution in [0.25, 0.3) is 0 Å². The van der Waals surface area contributed by atoms with E-state index in [0.717, 1.165) is 4.47 Å². The normalized spacial score (nSPS) is 9.90. The molecule has 0 aliphatic carbocycles. The van der Waals surface area contributed by atoms with E-state index in [9.17, 15) is 4.79 Å². The van der Waals surface area contributed by atoms with Crippen molar-refractivity contribution in [3.05, 3.63) is 55.7 Å². The maximum absolute atomic E-state index is 12.2. The van der Waals surface area contributed by atoms with Crippen LogP contribution in [0.4, 0.5) is 5.69 Å². The lowest BCUT2D eigenvalue weighted by molar-refractivity contribution is 0.102. The molecule has 20 heavy (non-hydrogen) atoms. The van der Waals surface area contributed by atoms with Crippen molar-refractivity contribution in [3.63, 3.8) is 0 Å². The summed E-state index contributed by atoms with van der Waals surface area (Å²) in [6, 6.07) is 8.58. The fourth-order valence-electron chi connectivity index (χ4n) is 1.49. The second-order valence-corrected chi connectivity index (χ2v) is 5.94. The number of aromatic nitrogens is 1. The molecule has 0 bridgehead atoms. The summed E-state index contributed by atoms with van der Waals surface area (Å²) in [7, 11) is 0. The highest BCUT2D eigenvalue weighted by Crippen LogP contribution is 2.23. The Bertz CT molecular complexity index is 728. The molecule has 1 aromatic carbocycles. The fraction of sp³-hybridized carbons (Fsp3) is 0. The van der Waals surface area contributed by atoms with Crippen molar-refractivity contribution in [2.75, 3.05) is 5.32 Å². The second kappa shape index (κ2) is 6.35. The molecule has 7 heteroatoms. The fourth-order valence-corrected chi connectivity index (χ4v) is 2.37. The van der Waals surface area contributed by atoms with E-state index in [-0.39, 0.29) is 10.7 Å². The molecule has 0 atom stereocenters. The van der Waals surface area contributed by atoms with Gasteiger partial charge in [-0.25, -0.2) is 4.98 Å². The summed E-state index contributed by atoms with van der Waals surface area (Å²) in [5.74, 6) is -0.428. The van der Waals surface area contributed by atoms with Gasteiger partial charge in [-0.3, -0.25) is 4.79 Å². The molecule has 0 fully saturated rings. The average Bonchev–Trinajstić information content (AvgIpc) is 2.43. The summed E-state index contributed by atoms with van der Waals surface area (Å²) in [6.07, 6.45) is 1.50. The van der Waals surface area contributed by atoms with Crippen LogP contribution in [0.1, 0.15) is 15.9 Å². The van der Waals surface area contributed by atoms with Gasteiger partial charge in [-0.15, -0.1) is 0 Å². The SMILES string of the molecule is N#Cc1cc(Br)ccc1NC(=O)c1cc(Br)cnc1Cl. The van der Waals surface area contributed by atoms with E-state index < -0.39 is 5.91 Å². The molecule has 0 aliphatic rings. The molecule has 0 saturated carbocycles. The van der Waals surface area contributed by atoms with Gasteiger partial charge in [0.15, 0.2) is 0 Å². The highest BCUT2D eigenvalue weighted by atomic mass is 79.9. The lowest BCUT2D eigenvalue weighted by Crippen LogP contribution is -2.14. The number of amides is 1. The minimum Gasteiger partial charge on any atom is -0.321 e. The molecule has 100 valence electrons. The number of hydrogen-bond donors (Lipinski definition) is 1. The van der Waals surface area contributed by atoms with Crippen LogP contribution in [-0.4, -0.2) is 10.9 Å². The molecule has 4 nitrogen and oxygen atoms in total. The highest BCUT2D eigenvalue weighted by Gasteiger charge is 2.14. The minimum absolute atomic E-state index is 0.0984. The molecule has 2 rings (SSSR count). The van der Waals surface area contributed by atoms with E-state index in [1.165, 1.54) is 6.20 Å². The summed E-state index contributed by atoms with van der Waals surface area (Å²) < 4.78 is 1.40. The summed E-state index contributed by atoms with van der Waals surface area (Å²) in [4.78, 5) is 16.0. The first-order valence-electron chi connectivity index (χ1n) is 5.33. The summed E-state index contributed by atoms with van der Waals surface area (Å²) >= 11 is 12.4. The van der Waals surface area contributed by atoms with Gasteiger partial charge in [0.1, 0.15) is 11.2 Å². The van der Waals surface area contributed by atoms with Crippen LogP contribution >= 0.6 is 43.5 Å². The van der Waals surface area contributed by atoms with Gasteiger partial charge in [-0.2, -0.15) is 5.26 Å². The minimum atomic E-state index is -0.428. The largest absolute Gasteiger partial charge is 0.321 e. The molecule has 0 saturated heterocycles. The highest BCUT2D eigenvalue weighted by molar-refractivity contribution is 9.10. The smallest absolute Gasteiger partial charge is 0.258 e. The Morgan fingerprint density at radius 3 is 2.75 bits per heavy atom. The molecular weight excluding hydrogens is 409 g/mol. The number of nitrogens with zero attached hydrogens (tertiary/aromatic N) is 2. The molecule has 0 radical (unpaired) electrons. The average molecular weight is 415 g/mol. The number of benzene rings is 1. The Hall–Kier alpha value is -1.42. The van der Waals surface area contributed by atoms with Crippen LogP contribution < -0.4 is 5.32 Å². The van der Waals surface area contributed by atoms with E-state index >= 15 is 0 Å². The molecule has 2 aromatic rings. The van der Waals surface area contributed by atoms with Crippen molar-refractivity contribution in [1.82, 2.24) is 4.98 Å². The standard InChI is InChI=1S/C13H6Br2ClN3O/c14-8-1-2-11(7(3-8)5-17)19-13(20)10-4-9(15)6-18-12(10)16/h1-4,6H,(H,19,20). The maximum Gasteiger partial charge on any atom is 0.258 e. The molecule has 0 aliphatic heterocycles. The number of halogens is 3. The zero-order valence-electron chi connectivity index (χ0n) is 9.82. The number of carbonyl (C=O) groups excluding carboxylic acids is 1. The van der Waals surface area contributed by atoms with Crippen LogP contribution in [0, 0.1) is 11.3 Å². The molecule has 1 aromatic heterocycles. The predicted molar refractivity (Wildman–Crippen MR) is 83.8 cm³/mol. The second-order valence-electron chi connectivity index (χ2n) is 3.75. The molecule has 1 amide bonds. The topological polar surface area (TPSA) is 65.8 Å². The van der Waals surface area contributed by atoms with E-state index in [0.29, 0.717) is 15.7 Å². The van der Waals surface area contributed by atoms with E-state index in [1.807, 2.05) is 6.07 Å². The van der Waals surface area contributed by atoms with Gasteiger partial charge < -0.3 is 5.32 Å². The Morgan fingerprint density at radius 1 is 1.30 bits per heavy atom. The molecule has 1 heterocycles. The van der Waals surface area contributed by atoms with Gasteiger partial charge in [0.2, 0.25) is 0 Å². The summed E-state index contributed by atoms with van der Waals surface area (Å²) in [5, 5.41) is 11.8. The third-order valence-corrected chi connectivity index (χ3v) is 3.63. The first-order chi connectivity index (χ1) is 9.51. The van der Waals surface area contributed by atoms with Crippen molar-refractivity contribution in [2.24, 2.45) is 0 Å². The van der Waals surface area contributed by atoms with E-state index in [4.69, 9.17) is 16.9 Å². The van der Waals surface area contributed by atoms with Crippen molar-refractivity contribution in [2.45, 2.75) is 0 Å². The Kier molecular flexibility index (Phi) is 4.76. The number of anilines is 1. The van der Waals surface area contributed by atoms with E-state index in [2.05, 4.69) is 42.2 Å². The van der Waals surface area contributed by atoms with Crippen LogP contribution in [0.3, 0.4) is 0 Å². The first-order valence-corrected chi connectivity index (χ1v) is 7.29. The molecule has 1 N–H and O–H groups in total. The molecule has 0 spiro atoms. The first kappa shape index (κ1) is 15.0. The number of pyridine rings is 1. The predicted octanol–water partition coefficient (Wildman–Crippen LogP) is 4.38. The van der Waals surface area contributed by atoms with Crippen LogP contribution in [-0.2, 0) is 0 Å². The third kappa shape index (κ3) is 3.37. The maximum atomic E-state index is 12.2. The van der Waals surface area contributed by atoms with Crippen molar-refractivity contribution < 1.29 is 4.79 Å². The Labute approximate surface area is 137 Å². The Balaban J connectivity index is 2.33. The monoisotopic (exact) mass is 413 g/mol.